The Kier molecular flexibility index (Phi) is 3.31. The van der Waals surface area contributed by atoms with Crippen molar-refractivity contribution in [1.29, 1.82) is 0 Å². The SMILES string of the molecule is O=C(CO)C1(c2cc(=O)c3ccccc3o2)C=CC=CC1. The molecular formula is C17H14O4. The number of carbonyl (C=O) groups is 1. The standard InChI is InChI=1S/C17H14O4/c18-11-15(20)17(8-4-1-5-9-17)16-10-13(19)12-6-2-3-7-14(12)21-16/h1-8,10,18H,9,11H2. The molecule has 1 aromatic carbocycles. The highest BCUT2D eigenvalue weighted by atomic mass is 16.3. The Labute approximate surface area is 121 Å². The van der Waals surface area contributed by atoms with Gasteiger partial charge in [-0.25, -0.2) is 0 Å². The number of para-hydroxylation sites is 1. The minimum absolute atomic E-state index is 0.195. The van der Waals surface area contributed by atoms with Crippen LogP contribution in [-0.4, -0.2) is 17.5 Å². The van der Waals surface area contributed by atoms with E-state index in [9.17, 15) is 14.7 Å². The highest BCUT2D eigenvalue weighted by Gasteiger charge is 2.39. The molecule has 3 rings (SSSR count). The quantitative estimate of drug-likeness (QED) is 0.936. The fourth-order valence-electron chi connectivity index (χ4n) is 2.61. The Morgan fingerprint density at radius 2 is 2.10 bits per heavy atom. The van der Waals surface area contributed by atoms with Crippen molar-refractivity contribution in [2.24, 2.45) is 0 Å². The maximum absolute atomic E-state index is 12.2. The summed E-state index contributed by atoms with van der Waals surface area (Å²) in [6.07, 6.45) is 7.42. The number of aliphatic hydroxyl groups is 1. The van der Waals surface area contributed by atoms with Gasteiger partial charge in [0.2, 0.25) is 0 Å². The van der Waals surface area contributed by atoms with E-state index in [1.807, 2.05) is 12.2 Å². The topological polar surface area (TPSA) is 67.5 Å². The van der Waals surface area contributed by atoms with E-state index in [0.717, 1.165) is 0 Å². The van der Waals surface area contributed by atoms with Gasteiger partial charge < -0.3 is 9.52 Å². The minimum atomic E-state index is -1.10. The second-order valence-electron chi connectivity index (χ2n) is 5.02. The van der Waals surface area contributed by atoms with Gasteiger partial charge in [0.1, 0.15) is 23.4 Å². The van der Waals surface area contributed by atoms with Crippen molar-refractivity contribution >= 4 is 16.8 Å². The Balaban J connectivity index is 2.26. The smallest absolute Gasteiger partial charge is 0.192 e. The van der Waals surface area contributed by atoms with Crippen molar-refractivity contribution in [3.05, 3.63) is 70.6 Å². The van der Waals surface area contributed by atoms with Crippen LogP contribution in [0.1, 0.15) is 12.2 Å². The molecular weight excluding hydrogens is 268 g/mol. The lowest BCUT2D eigenvalue weighted by Gasteiger charge is -2.27. The van der Waals surface area contributed by atoms with E-state index in [1.54, 1.807) is 36.4 Å². The largest absolute Gasteiger partial charge is 0.459 e. The Bertz CT molecular complexity index is 813. The summed E-state index contributed by atoms with van der Waals surface area (Å²) in [5.41, 5.74) is -0.861. The molecule has 1 heterocycles. The van der Waals surface area contributed by atoms with E-state index >= 15 is 0 Å². The van der Waals surface area contributed by atoms with E-state index in [-0.39, 0.29) is 17.0 Å². The molecule has 0 saturated carbocycles. The predicted octanol–water partition coefficient (Wildman–Crippen LogP) is 2.11. The molecule has 0 aliphatic heterocycles. The van der Waals surface area contributed by atoms with Crippen LogP contribution in [0, 0.1) is 0 Å². The van der Waals surface area contributed by atoms with Crippen LogP contribution in [0.3, 0.4) is 0 Å². The van der Waals surface area contributed by atoms with E-state index < -0.39 is 12.0 Å². The van der Waals surface area contributed by atoms with E-state index in [4.69, 9.17) is 4.42 Å². The first-order valence-corrected chi connectivity index (χ1v) is 6.69. The first kappa shape index (κ1) is 13.5. The van der Waals surface area contributed by atoms with Crippen molar-refractivity contribution in [3.8, 4) is 0 Å². The monoisotopic (exact) mass is 282 g/mol. The highest BCUT2D eigenvalue weighted by Crippen LogP contribution is 2.34. The summed E-state index contributed by atoms with van der Waals surface area (Å²) in [4.78, 5) is 24.5. The third-order valence-corrected chi connectivity index (χ3v) is 3.78. The fraction of sp³-hybridized carbons (Fsp3) is 0.176. The Hall–Kier alpha value is -2.46. The molecule has 1 aliphatic rings. The molecule has 0 radical (unpaired) electrons. The van der Waals surface area contributed by atoms with E-state index in [2.05, 4.69) is 0 Å². The lowest BCUT2D eigenvalue weighted by molar-refractivity contribution is -0.126. The van der Waals surface area contributed by atoms with Gasteiger partial charge in [0.05, 0.1) is 5.39 Å². The third kappa shape index (κ3) is 2.14. The number of rotatable bonds is 3. The van der Waals surface area contributed by atoms with Gasteiger partial charge in [0.25, 0.3) is 0 Å². The minimum Gasteiger partial charge on any atom is -0.459 e. The number of allylic oxidation sites excluding steroid dienone is 4. The zero-order chi connectivity index (χ0) is 14.9. The van der Waals surface area contributed by atoms with E-state index in [1.165, 1.54) is 6.07 Å². The molecule has 4 nitrogen and oxygen atoms in total. The van der Waals surface area contributed by atoms with Crippen LogP contribution < -0.4 is 5.43 Å². The molecule has 1 N–H and O–H groups in total. The zero-order valence-electron chi connectivity index (χ0n) is 11.3. The molecule has 1 aromatic heterocycles. The number of hydrogen-bond acceptors (Lipinski definition) is 4. The van der Waals surface area contributed by atoms with Crippen LogP contribution in [0.2, 0.25) is 0 Å². The molecule has 0 spiro atoms. The van der Waals surface area contributed by atoms with Crippen LogP contribution >= 0.6 is 0 Å². The fourth-order valence-corrected chi connectivity index (χ4v) is 2.61. The van der Waals surface area contributed by atoms with E-state index in [0.29, 0.717) is 17.4 Å². The number of Topliss-reactive ketones (excluding diaryl/α,β-unsaturated/α-hetero) is 1. The summed E-state index contributed by atoms with van der Waals surface area (Å²) >= 11 is 0. The molecule has 0 bridgehead atoms. The average Bonchev–Trinajstić information content (AvgIpc) is 2.54. The molecule has 0 saturated heterocycles. The first-order valence-electron chi connectivity index (χ1n) is 6.69. The second kappa shape index (κ2) is 5.14. The number of aliphatic hydroxyl groups excluding tert-OH is 1. The summed E-state index contributed by atoms with van der Waals surface area (Å²) in [6.45, 7) is -0.602. The number of fused-ring (bicyclic) bond motifs is 1. The maximum Gasteiger partial charge on any atom is 0.192 e. The lowest BCUT2D eigenvalue weighted by Crippen LogP contribution is -2.37. The number of hydrogen-bond donors (Lipinski definition) is 1. The molecule has 21 heavy (non-hydrogen) atoms. The highest BCUT2D eigenvalue weighted by molar-refractivity contribution is 5.93. The van der Waals surface area contributed by atoms with Crippen LogP contribution in [0.25, 0.3) is 11.0 Å². The summed E-state index contributed by atoms with van der Waals surface area (Å²) in [6, 6.07) is 8.25. The number of ketones is 1. The van der Waals surface area contributed by atoms with Gasteiger partial charge in [-0.15, -0.1) is 0 Å². The molecule has 0 fully saturated rings. The van der Waals surface area contributed by atoms with Crippen LogP contribution in [0.15, 0.2) is 63.8 Å². The first-order chi connectivity index (χ1) is 10.2. The van der Waals surface area contributed by atoms with Crippen LogP contribution in [0.4, 0.5) is 0 Å². The van der Waals surface area contributed by atoms with Crippen molar-refractivity contribution in [2.45, 2.75) is 11.8 Å². The second-order valence-corrected chi connectivity index (χ2v) is 5.02. The predicted molar refractivity (Wildman–Crippen MR) is 79.2 cm³/mol. The Morgan fingerprint density at radius 3 is 2.81 bits per heavy atom. The van der Waals surface area contributed by atoms with Gasteiger partial charge in [-0.2, -0.15) is 0 Å². The van der Waals surface area contributed by atoms with Crippen molar-refractivity contribution in [3.63, 3.8) is 0 Å². The maximum atomic E-state index is 12.2. The summed E-state index contributed by atoms with van der Waals surface area (Å²) in [5, 5.41) is 9.74. The van der Waals surface area contributed by atoms with Crippen molar-refractivity contribution < 1.29 is 14.3 Å². The summed E-state index contributed by atoms with van der Waals surface area (Å²) in [5.74, 6) is -0.118. The molecule has 106 valence electrons. The summed E-state index contributed by atoms with van der Waals surface area (Å²) < 4.78 is 5.79. The molecule has 1 aliphatic carbocycles. The average molecular weight is 282 g/mol. The van der Waals surface area contributed by atoms with Gasteiger partial charge in [0.15, 0.2) is 11.2 Å². The van der Waals surface area contributed by atoms with Crippen LogP contribution in [-0.2, 0) is 10.2 Å². The molecule has 2 aromatic rings. The van der Waals surface area contributed by atoms with Gasteiger partial charge in [-0.3, -0.25) is 9.59 Å². The molecule has 1 atom stereocenters. The van der Waals surface area contributed by atoms with Crippen molar-refractivity contribution in [2.75, 3.05) is 6.61 Å². The number of carbonyl (C=O) groups excluding carboxylic acids is 1. The Morgan fingerprint density at radius 1 is 1.29 bits per heavy atom. The molecule has 4 heteroatoms. The summed E-state index contributed by atoms with van der Waals surface area (Å²) in [7, 11) is 0. The number of benzene rings is 1. The molecule has 1 unspecified atom stereocenters. The van der Waals surface area contributed by atoms with Gasteiger partial charge in [0, 0.05) is 6.07 Å². The van der Waals surface area contributed by atoms with Crippen LogP contribution in [0.5, 0.6) is 0 Å². The van der Waals surface area contributed by atoms with Gasteiger partial charge in [-0.1, -0.05) is 36.4 Å². The normalized spacial score (nSPS) is 20.8. The third-order valence-electron chi connectivity index (χ3n) is 3.78. The zero-order valence-corrected chi connectivity index (χ0v) is 11.3. The lowest BCUT2D eigenvalue weighted by atomic mass is 9.75. The van der Waals surface area contributed by atoms with Gasteiger partial charge in [-0.05, 0) is 18.6 Å². The molecule has 0 amide bonds. The van der Waals surface area contributed by atoms with Gasteiger partial charge >= 0.3 is 0 Å². The van der Waals surface area contributed by atoms with Crippen molar-refractivity contribution in [1.82, 2.24) is 0 Å².